The SMILES string of the molecule is C=C(C(C#N)C(=O)N1CCCC[C@H](OC(=O)N[C@@H](Cc2ccccc2)B(O)O)C1)C(C)(C)N1CCN(C(=O)OC)CC1. The second kappa shape index (κ2) is 15.0. The predicted molar refractivity (Wildman–Crippen MR) is 156 cm³/mol. The second-order valence-corrected chi connectivity index (χ2v) is 11.3. The first-order valence-electron chi connectivity index (χ1n) is 14.3. The summed E-state index contributed by atoms with van der Waals surface area (Å²) in [5, 5.41) is 32.2. The number of carbonyl (C=O) groups excluding carboxylic acids is 3. The molecular weight excluding hydrogens is 541 g/mol. The number of hydrogen-bond donors (Lipinski definition) is 3. The van der Waals surface area contributed by atoms with Crippen molar-refractivity contribution >= 4 is 25.2 Å². The molecule has 3 atom stereocenters. The van der Waals surface area contributed by atoms with Gasteiger partial charge in [0.05, 0.1) is 25.7 Å². The number of ether oxygens (including phenoxy) is 2. The van der Waals surface area contributed by atoms with Crippen LogP contribution >= 0.6 is 0 Å². The average molecular weight is 583 g/mol. The molecule has 2 fully saturated rings. The van der Waals surface area contributed by atoms with Crippen LogP contribution in [0.2, 0.25) is 0 Å². The summed E-state index contributed by atoms with van der Waals surface area (Å²) in [4.78, 5) is 43.5. The van der Waals surface area contributed by atoms with Crippen LogP contribution < -0.4 is 5.32 Å². The van der Waals surface area contributed by atoms with Crippen LogP contribution in [0.25, 0.3) is 0 Å². The maximum Gasteiger partial charge on any atom is 0.475 e. The first-order chi connectivity index (χ1) is 20.0. The van der Waals surface area contributed by atoms with Gasteiger partial charge in [-0.2, -0.15) is 5.26 Å². The van der Waals surface area contributed by atoms with Gasteiger partial charge in [-0.15, -0.1) is 0 Å². The summed E-state index contributed by atoms with van der Waals surface area (Å²) in [5.41, 5.74) is 0.582. The Morgan fingerprint density at radius 3 is 2.38 bits per heavy atom. The summed E-state index contributed by atoms with van der Waals surface area (Å²) >= 11 is 0. The number of hydrogen-bond acceptors (Lipinski definition) is 9. The molecule has 0 aliphatic carbocycles. The van der Waals surface area contributed by atoms with Gasteiger partial charge in [-0.05, 0) is 50.7 Å². The Balaban J connectivity index is 1.61. The van der Waals surface area contributed by atoms with E-state index in [0.717, 1.165) is 5.56 Å². The lowest BCUT2D eigenvalue weighted by Gasteiger charge is -2.45. The molecule has 2 heterocycles. The van der Waals surface area contributed by atoms with E-state index in [1.165, 1.54) is 7.11 Å². The van der Waals surface area contributed by atoms with Crippen molar-refractivity contribution in [2.24, 2.45) is 5.92 Å². The molecule has 0 radical (unpaired) electrons. The molecule has 3 amide bonds. The van der Waals surface area contributed by atoms with E-state index in [1.807, 2.05) is 44.2 Å². The summed E-state index contributed by atoms with van der Waals surface area (Å²) in [5.74, 6) is -2.48. The van der Waals surface area contributed by atoms with E-state index in [1.54, 1.807) is 9.80 Å². The molecule has 0 spiro atoms. The highest BCUT2D eigenvalue weighted by Crippen LogP contribution is 2.31. The first-order valence-corrected chi connectivity index (χ1v) is 14.3. The fourth-order valence-electron chi connectivity index (χ4n) is 5.43. The lowest BCUT2D eigenvalue weighted by molar-refractivity contribution is -0.134. The average Bonchev–Trinajstić information content (AvgIpc) is 3.22. The fourth-order valence-corrected chi connectivity index (χ4v) is 5.43. The van der Waals surface area contributed by atoms with Crippen LogP contribution in [0.1, 0.15) is 38.7 Å². The number of nitrogens with zero attached hydrogens (tertiary/aromatic N) is 4. The number of benzene rings is 1. The van der Waals surface area contributed by atoms with Crippen LogP contribution in [-0.2, 0) is 20.7 Å². The van der Waals surface area contributed by atoms with Crippen molar-refractivity contribution in [1.29, 1.82) is 5.26 Å². The van der Waals surface area contributed by atoms with Gasteiger partial charge < -0.3 is 34.6 Å². The summed E-state index contributed by atoms with van der Waals surface area (Å²) in [6, 6.07) is 11.3. The number of nitrogens with one attached hydrogen (secondary N) is 1. The molecule has 3 N–H and O–H groups in total. The quantitative estimate of drug-likeness (QED) is 0.290. The number of rotatable bonds is 9. The number of methoxy groups -OCH3 is 1. The zero-order valence-corrected chi connectivity index (χ0v) is 24.7. The van der Waals surface area contributed by atoms with E-state index in [4.69, 9.17) is 9.47 Å². The van der Waals surface area contributed by atoms with Gasteiger partial charge in [-0.1, -0.05) is 36.9 Å². The van der Waals surface area contributed by atoms with Gasteiger partial charge in [0, 0.05) is 38.3 Å². The smallest absolute Gasteiger partial charge is 0.453 e. The fraction of sp³-hybridized carbons (Fsp3) is 0.586. The minimum Gasteiger partial charge on any atom is -0.453 e. The molecule has 2 saturated heterocycles. The summed E-state index contributed by atoms with van der Waals surface area (Å²) in [6.07, 6.45) is 0.295. The Hall–Kier alpha value is -3.60. The Morgan fingerprint density at radius 1 is 1.12 bits per heavy atom. The van der Waals surface area contributed by atoms with Gasteiger partial charge in [0.15, 0.2) is 0 Å². The van der Waals surface area contributed by atoms with Crippen molar-refractivity contribution in [2.75, 3.05) is 46.4 Å². The van der Waals surface area contributed by atoms with Crippen molar-refractivity contribution in [3.05, 3.63) is 48.0 Å². The van der Waals surface area contributed by atoms with E-state index in [-0.39, 0.29) is 19.1 Å². The largest absolute Gasteiger partial charge is 0.475 e. The van der Waals surface area contributed by atoms with Crippen LogP contribution in [0.15, 0.2) is 42.5 Å². The summed E-state index contributed by atoms with van der Waals surface area (Å²) in [7, 11) is -0.448. The van der Waals surface area contributed by atoms with E-state index in [2.05, 4.69) is 22.9 Å². The molecule has 12 nitrogen and oxygen atoms in total. The molecule has 1 aromatic carbocycles. The molecular formula is C29H42BN5O7. The van der Waals surface area contributed by atoms with Crippen molar-refractivity contribution < 1.29 is 33.9 Å². The Bertz CT molecular complexity index is 1130. The van der Waals surface area contributed by atoms with Gasteiger partial charge in [0.25, 0.3) is 0 Å². The molecule has 228 valence electrons. The molecule has 2 aliphatic heterocycles. The first kappa shape index (κ1) is 32.9. The van der Waals surface area contributed by atoms with Gasteiger partial charge >= 0.3 is 19.3 Å². The number of piperazine rings is 1. The highest BCUT2D eigenvalue weighted by Gasteiger charge is 2.40. The zero-order chi connectivity index (χ0) is 30.9. The van der Waals surface area contributed by atoms with E-state index >= 15 is 0 Å². The monoisotopic (exact) mass is 583 g/mol. The third kappa shape index (κ3) is 8.47. The second-order valence-electron chi connectivity index (χ2n) is 11.3. The number of carbonyl (C=O) groups is 3. The van der Waals surface area contributed by atoms with Crippen LogP contribution in [0.3, 0.4) is 0 Å². The molecule has 0 saturated carbocycles. The predicted octanol–water partition coefficient (Wildman–Crippen LogP) is 1.58. The molecule has 1 unspecified atom stereocenters. The maximum absolute atomic E-state index is 13.7. The highest BCUT2D eigenvalue weighted by atomic mass is 16.6. The summed E-state index contributed by atoms with van der Waals surface area (Å²) < 4.78 is 10.4. The molecule has 0 aromatic heterocycles. The van der Waals surface area contributed by atoms with Crippen molar-refractivity contribution in [1.82, 2.24) is 20.0 Å². The van der Waals surface area contributed by atoms with Crippen molar-refractivity contribution in [2.45, 2.75) is 57.1 Å². The van der Waals surface area contributed by atoms with Crippen LogP contribution in [0, 0.1) is 17.2 Å². The van der Waals surface area contributed by atoms with Crippen molar-refractivity contribution in [3.8, 4) is 6.07 Å². The number of likely N-dealkylation sites (tertiary alicyclic amines) is 1. The Morgan fingerprint density at radius 2 is 1.79 bits per heavy atom. The van der Waals surface area contributed by atoms with Crippen LogP contribution in [0.5, 0.6) is 0 Å². The lowest BCUT2D eigenvalue weighted by Crippen LogP contribution is -2.57. The van der Waals surface area contributed by atoms with E-state index in [9.17, 15) is 29.7 Å². The van der Waals surface area contributed by atoms with Crippen LogP contribution in [0.4, 0.5) is 9.59 Å². The highest BCUT2D eigenvalue weighted by molar-refractivity contribution is 6.43. The standard InChI is InChI=1S/C29H42BN5O7/c1-21(29(2,3)35-16-14-33(15-17-35)28(38)41-4)24(19-31)26(36)34-13-9-8-12-23(20-34)42-27(37)32-25(30(39)40)18-22-10-6-5-7-11-22/h5-7,10-11,23-25,39-40H,1,8-9,12-18,20H2,2-4H3,(H,32,37)/t23-,24?,25-/m0/s1. The normalized spacial score (nSPS) is 19.5. The van der Waals surface area contributed by atoms with Gasteiger partial charge in [-0.25, -0.2) is 9.59 Å². The minimum absolute atomic E-state index is 0.112. The zero-order valence-electron chi connectivity index (χ0n) is 24.7. The van der Waals surface area contributed by atoms with Gasteiger partial charge in [0.1, 0.15) is 12.0 Å². The minimum atomic E-state index is -1.79. The van der Waals surface area contributed by atoms with Crippen molar-refractivity contribution in [3.63, 3.8) is 0 Å². The molecule has 1 aromatic rings. The molecule has 42 heavy (non-hydrogen) atoms. The van der Waals surface area contributed by atoms with Gasteiger partial charge in [-0.3, -0.25) is 9.69 Å². The number of amides is 3. The molecule has 2 aliphatic rings. The Labute approximate surface area is 248 Å². The molecule has 13 heteroatoms. The molecule has 3 rings (SSSR count). The lowest BCUT2D eigenvalue weighted by atomic mass is 9.76. The summed E-state index contributed by atoms with van der Waals surface area (Å²) in [6.45, 7) is 10.5. The Kier molecular flexibility index (Phi) is 11.8. The van der Waals surface area contributed by atoms with Gasteiger partial charge in [0.2, 0.25) is 5.91 Å². The number of alkyl carbamates (subject to hydrolysis) is 1. The third-order valence-electron chi connectivity index (χ3n) is 8.19. The number of nitriles is 1. The van der Waals surface area contributed by atoms with Crippen LogP contribution in [-0.4, -0.2) is 114 Å². The maximum atomic E-state index is 13.7. The third-order valence-corrected chi connectivity index (χ3v) is 8.19. The van der Waals surface area contributed by atoms with E-state index in [0.29, 0.717) is 57.6 Å². The van der Waals surface area contributed by atoms with E-state index < -0.39 is 42.6 Å². The topological polar surface area (TPSA) is 156 Å². The molecule has 0 bridgehead atoms.